The second-order valence-corrected chi connectivity index (χ2v) is 10.1. The van der Waals surface area contributed by atoms with E-state index < -0.39 is 6.09 Å². The summed E-state index contributed by atoms with van der Waals surface area (Å²) < 4.78 is 4.76. The Morgan fingerprint density at radius 1 is 1.05 bits per heavy atom. The molecule has 2 N–H and O–H groups in total. The van der Waals surface area contributed by atoms with Gasteiger partial charge in [-0.05, 0) is 60.2 Å². The molecule has 0 heterocycles. The standard InChI is InChI=1S/C29H23Cl2N3O3S/c1-37-29(36)34-28(38-27-24(30)11-6-12-25(27)31)33-22-13-14-23(26(35)19-8-3-2-4-9-19)20(17-22)15-18-7-5-10-21(32)16-18/h2-14,17,32H,15-16H2,1H3,(H,33,34,36). The van der Waals surface area contributed by atoms with Gasteiger partial charge in [-0.2, -0.15) is 0 Å². The van der Waals surface area contributed by atoms with Crippen LogP contribution in [0.4, 0.5) is 10.5 Å². The third kappa shape index (κ3) is 7.01. The van der Waals surface area contributed by atoms with Crippen LogP contribution < -0.4 is 5.32 Å². The number of ketones is 1. The van der Waals surface area contributed by atoms with E-state index in [1.807, 2.05) is 36.4 Å². The maximum atomic E-state index is 13.4. The number of amides is 1. The van der Waals surface area contributed by atoms with E-state index in [-0.39, 0.29) is 11.0 Å². The van der Waals surface area contributed by atoms with Crippen LogP contribution in [0.5, 0.6) is 0 Å². The first-order valence-electron chi connectivity index (χ1n) is 11.6. The summed E-state index contributed by atoms with van der Waals surface area (Å²) in [5.74, 6) is -0.108. The maximum Gasteiger partial charge on any atom is 0.412 e. The Kier molecular flexibility index (Phi) is 9.18. The van der Waals surface area contributed by atoms with E-state index in [0.717, 1.165) is 22.9 Å². The van der Waals surface area contributed by atoms with Crippen molar-refractivity contribution in [3.8, 4) is 0 Å². The molecule has 0 spiro atoms. The molecule has 0 saturated carbocycles. The van der Waals surface area contributed by atoms with Gasteiger partial charge in [0.1, 0.15) is 0 Å². The Morgan fingerprint density at radius 2 is 1.79 bits per heavy atom. The van der Waals surface area contributed by atoms with E-state index in [1.54, 1.807) is 48.5 Å². The molecule has 1 amide bonds. The molecule has 4 rings (SSSR count). The zero-order valence-corrected chi connectivity index (χ0v) is 22.7. The Labute approximate surface area is 234 Å². The van der Waals surface area contributed by atoms with Gasteiger partial charge in [-0.1, -0.05) is 77.3 Å². The number of amidine groups is 1. The quantitative estimate of drug-likeness (QED) is 0.138. The molecule has 9 heteroatoms. The third-order valence-electron chi connectivity index (χ3n) is 5.58. The van der Waals surface area contributed by atoms with E-state index in [4.69, 9.17) is 33.3 Å². The molecular formula is C29H23Cl2N3O3S. The van der Waals surface area contributed by atoms with Gasteiger partial charge in [-0.25, -0.2) is 9.79 Å². The second kappa shape index (κ2) is 12.7. The van der Waals surface area contributed by atoms with Crippen LogP contribution in [-0.4, -0.2) is 29.9 Å². The normalized spacial score (nSPS) is 13.2. The summed E-state index contributed by atoms with van der Waals surface area (Å²) in [5.41, 5.74) is 3.89. The van der Waals surface area contributed by atoms with Crippen molar-refractivity contribution in [3.63, 3.8) is 0 Å². The van der Waals surface area contributed by atoms with Crippen LogP contribution in [0, 0.1) is 5.41 Å². The summed E-state index contributed by atoms with van der Waals surface area (Å²) in [4.78, 5) is 30.6. The van der Waals surface area contributed by atoms with Gasteiger partial charge in [-0.15, -0.1) is 0 Å². The number of alkyl carbamates (subject to hydrolysis) is 1. The minimum atomic E-state index is -0.701. The highest BCUT2D eigenvalue weighted by Crippen LogP contribution is 2.35. The van der Waals surface area contributed by atoms with E-state index >= 15 is 0 Å². The van der Waals surface area contributed by atoms with E-state index in [1.165, 1.54) is 7.11 Å². The monoisotopic (exact) mass is 563 g/mol. The molecule has 192 valence electrons. The molecule has 6 nitrogen and oxygen atoms in total. The predicted octanol–water partition coefficient (Wildman–Crippen LogP) is 7.81. The number of carbonyl (C=O) groups is 2. The average Bonchev–Trinajstić information content (AvgIpc) is 2.91. The highest BCUT2D eigenvalue weighted by atomic mass is 35.5. The number of aliphatic imine (C=N–C) groups is 1. The molecule has 0 aromatic heterocycles. The number of benzene rings is 3. The Morgan fingerprint density at radius 3 is 2.47 bits per heavy atom. The fourth-order valence-electron chi connectivity index (χ4n) is 3.80. The molecule has 0 aliphatic heterocycles. The van der Waals surface area contributed by atoms with Gasteiger partial charge in [0.15, 0.2) is 11.0 Å². The Balaban J connectivity index is 1.75. The van der Waals surface area contributed by atoms with Gasteiger partial charge in [0.25, 0.3) is 0 Å². The molecule has 38 heavy (non-hydrogen) atoms. The molecule has 0 saturated heterocycles. The number of halogens is 2. The number of nitrogens with zero attached hydrogens (tertiary/aromatic N) is 1. The highest BCUT2D eigenvalue weighted by Gasteiger charge is 2.18. The number of nitrogens with one attached hydrogen (secondary N) is 2. The fourth-order valence-corrected chi connectivity index (χ4v) is 5.24. The van der Waals surface area contributed by atoms with Crippen molar-refractivity contribution in [1.82, 2.24) is 5.32 Å². The lowest BCUT2D eigenvalue weighted by molar-refractivity contribution is 0.103. The molecule has 0 bridgehead atoms. The fraction of sp³-hybridized carbons (Fsp3) is 0.103. The van der Waals surface area contributed by atoms with E-state index in [9.17, 15) is 9.59 Å². The zero-order chi connectivity index (χ0) is 27.1. The zero-order valence-electron chi connectivity index (χ0n) is 20.3. The van der Waals surface area contributed by atoms with Crippen LogP contribution >= 0.6 is 35.0 Å². The Hall–Kier alpha value is -3.65. The number of methoxy groups -OCH3 is 1. The molecular weight excluding hydrogens is 541 g/mol. The largest absolute Gasteiger partial charge is 0.453 e. The summed E-state index contributed by atoms with van der Waals surface area (Å²) >= 11 is 13.8. The maximum absolute atomic E-state index is 13.4. The first kappa shape index (κ1) is 27.4. The van der Waals surface area contributed by atoms with Crippen LogP contribution in [0.1, 0.15) is 27.9 Å². The van der Waals surface area contributed by atoms with Crippen molar-refractivity contribution in [2.24, 2.45) is 4.99 Å². The van der Waals surface area contributed by atoms with Gasteiger partial charge in [0.2, 0.25) is 0 Å². The van der Waals surface area contributed by atoms with Crippen LogP contribution in [0.2, 0.25) is 10.0 Å². The lowest BCUT2D eigenvalue weighted by atomic mass is 9.91. The first-order valence-corrected chi connectivity index (χ1v) is 13.1. The lowest BCUT2D eigenvalue weighted by Crippen LogP contribution is -2.28. The second-order valence-electron chi connectivity index (χ2n) is 8.29. The van der Waals surface area contributed by atoms with Crippen LogP contribution in [0.25, 0.3) is 0 Å². The number of hydrogen-bond acceptors (Lipinski definition) is 6. The SMILES string of the molecule is COC(=O)NC(=Nc1ccc(C(=O)c2ccccc2)c(CC2=CC=CC(=N)C2)c1)Sc1c(Cl)cccc1Cl. The number of rotatable bonds is 6. The van der Waals surface area contributed by atoms with E-state index in [2.05, 4.69) is 10.3 Å². The topological polar surface area (TPSA) is 91.6 Å². The molecule has 0 atom stereocenters. The van der Waals surface area contributed by atoms with Crippen molar-refractivity contribution in [2.75, 3.05) is 7.11 Å². The van der Waals surface area contributed by atoms with Crippen molar-refractivity contribution in [2.45, 2.75) is 17.7 Å². The molecule has 3 aromatic rings. The minimum absolute atomic E-state index is 0.108. The van der Waals surface area contributed by atoms with Gasteiger partial charge in [0.05, 0.1) is 27.7 Å². The summed E-state index contributed by atoms with van der Waals surface area (Å²) in [6.07, 6.45) is 5.82. The molecule has 0 unspecified atom stereocenters. The number of ether oxygens (including phenoxy) is 1. The Bertz CT molecular complexity index is 1460. The molecule has 1 aliphatic carbocycles. The average molecular weight is 564 g/mol. The van der Waals surface area contributed by atoms with Crippen molar-refractivity contribution in [1.29, 1.82) is 5.41 Å². The molecule has 0 radical (unpaired) electrons. The summed E-state index contributed by atoms with van der Waals surface area (Å²) in [7, 11) is 1.26. The number of thioether (sulfide) groups is 1. The lowest BCUT2D eigenvalue weighted by Gasteiger charge is -2.15. The smallest absolute Gasteiger partial charge is 0.412 e. The highest BCUT2D eigenvalue weighted by molar-refractivity contribution is 8.14. The molecule has 1 aliphatic rings. The van der Waals surface area contributed by atoms with Gasteiger partial charge in [-0.3, -0.25) is 10.1 Å². The van der Waals surface area contributed by atoms with Crippen molar-refractivity contribution < 1.29 is 14.3 Å². The molecule has 3 aromatic carbocycles. The van der Waals surface area contributed by atoms with Crippen LogP contribution in [0.3, 0.4) is 0 Å². The van der Waals surface area contributed by atoms with Gasteiger partial charge >= 0.3 is 6.09 Å². The van der Waals surface area contributed by atoms with Crippen molar-refractivity contribution >= 4 is 63.4 Å². The predicted molar refractivity (Wildman–Crippen MR) is 155 cm³/mol. The van der Waals surface area contributed by atoms with Crippen LogP contribution in [-0.2, 0) is 11.2 Å². The summed E-state index contributed by atoms with van der Waals surface area (Å²) in [6.45, 7) is 0. The number of carbonyl (C=O) groups excluding carboxylic acids is 2. The first-order chi connectivity index (χ1) is 18.3. The molecule has 0 fully saturated rings. The van der Waals surface area contributed by atoms with E-state index in [0.29, 0.717) is 50.3 Å². The number of allylic oxidation sites excluding steroid dienone is 4. The minimum Gasteiger partial charge on any atom is -0.453 e. The summed E-state index contributed by atoms with van der Waals surface area (Å²) in [5, 5.41) is 11.6. The van der Waals surface area contributed by atoms with Crippen molar-refractivity contribution in [3.05, 3.63) is 117 Å². The number of hydrogen-bond donors (Lipinski definition) is 2. The van der Waals surface area contributed by atoms with Gasteiger partial charge in [0, 0.05) is 23.3 Å². The summed E-state index contributed by atoms with van der Waals surface area (Å²) in [6, 6.07) is 19.4. The third-order valence-corrected chi connectivity index (χ3v) is 7.46. The van der Waals surface area contributed by atoms with Crippen LogP contribution in [0.15, 0.2) is 100 Å². The van der Waals surface area contributed by atoms with Gasteiger partial charge < -0.3 is 10.1 Å².